The molecule has 3 aromatic rings. The summed E-state index contributed by atoms with van der Waals surface area (Å²) in [6.07, 6.45) is -0.321. The van der Waals surface area contributed by atoms with E-state index in [1.807, 2.05) is 91.5 Å². The Bertz CT molecular complexity index is 1070. The number of carbonyl (C=O) groups excluding carboxylic acids is 1. The molecule has 1 unspecified atom stereocenters. The molecule has 0 aliphatic carbocycles. The molecular weight excluding hydrogens is 428 g/mol. The van der Waals surface area contributed by atoms with Gasteiger partial charge in [-0.1, -0.05) is 60.7 Å². The fourth-order valence-corrected chi connectivity index (χ4v) is 4.33. The molecule has 34 heavy (non-hydrogen) atoms. The lowest BCUT2D eigenvalue weighted by molar-refractivity contribution is 0.0752. The summed E-state index contributed by atoms with van der Waals surface area (Å²) in [6, 6.07) is 25.5. The van der Waals surface area contributed by atoms with Crippen LogP contribution in [0.15, 0.2) is 78.9 Å². The number of nitrogens with zero attached hydrogens (tertiary/aromatic N) is 2. The zero-order valence-electron chi connectivity index (χ0n) is 19.9. The molecule has 1 heterocycles. The van der Waals surface area contributed by atoms with Crippen LogP contribution in [0.4, 0.5) is 10.5 Å². The highest BCUT2D eigenvalue weighted by molar-refractivity contribution is 5.70. The van der Waals surface area contributed by atoms with Crippen LogP contribution < -0.4 is 14.4 Å². The normalized spacial score (nSPS) is 15.6. The van der Waals surface area contributed by atoms with Crippen molar-refractivity contribution in [2.45, 2.75) is 26.5 Å². The van der Waals surface area contributed by atoms with Crippen molar-refractivity contribution < 1.29 is 19.0 Å². The third-order valence-electron chi connectivity index (χ3n) is 5.90. The maximum Gasteiger partial charge on any atom is 0.410 e. The van der Waals surface area contributed by atoms with Gasteiger partial charge in [-0.25, -0.2) is 4.79 Å². The smallest absolute Gasteiger partial charge is 0.410 e. The average molecular weight is 461 g/mol. The predicted molar refractivity (Wildman–Crippen MR) is 134 cm³/mol. The molecular formula is C28H32N2O4. The highest BCUT2D eigenvalue weighted by atomic mass is 16.6. The lowest BCUT2D eigenvalue weighted by Gasteiger charge is -2.42. The minimum Gasteiger partial charge on any atom is -0.494 e. The first-order chi connectivity index (χ1) is 16.7. The molecule has 0 spiro atoms. The summed E-state index contributed by atoms with van der Waals surface area (Å²) in [6.45, 7) is 7.16. The van der Waals surface area contributed by atoms with Crippen LogP contribution in [-0.2, 0) is 11.3 Å². The molecule has 3 aromatic carbocycles. The minimum absolute atomic E-state index is 0.227. The number of para-hydroxylation sites is 3. The second-order valence-corrected chi connectivity index (χ2v) is 8.07. The molecule has 1 amide bonds. The van der Waals surface area contributed by atoms with Crippen molar-refractivity contribution in [2.75, 3.05) is 37.7 Å². The molecule has 1 aliphatic rings. The van der Waals surface area contributed by atoms with Gasteiger partial charge < -0.3 is 19.1 Å². The van der Waals surface area contributed by atoms with E-state index in [2.05, 4.69) is 11.0 Å². The molecule has 6 heteroatoms. The number of rotatable bonds is 8. The molecule has 1 atom stereocenters. The topological polar surface area (TPSA) is 51.2 Å². The largest absolute Gasteiger partial charge is 0.494 e. The van der Waals surface area contributed by atoms with Gasteiger partial charge in [-0.15, -0.1) is 0 Å². The van der Waals surface area contributed by atoms with E-state index in [9.17, 15) is 4.79 Å². The third kappa shape index (κ3) is 5.45. The van der Waals surface area contributed by atoms with Crippen LogP contribution in [0.5, 0.6) is 11.5 Å². The highest BCUT2D eigenvalue weighted by Crippen LogP contribution is 2.37. The number of ether oxygens (including phenoxy) is 3. The average Bonchev–Trinajstić information content (AvgIpc) is 2.89. The third-order valence-corrected chi connectivity index (χ3v) is 5.90. The van der Waals surface area contributed by atoms with Crippen molar-refractivity contribution in [3.8, 4) is 11.5 Å². The molecule has 0 aromatic heterocycles. The van der Waals surface area contributed by atoms with E-state index in [0.29, 0.717) is 32.8 Å². The molecule has 4 rings (SSSR count). The van der Waals surface area contributed by atoms with Gasteiger partial charge in [-0.3, -0.25) is 4.90 Å². The molecule has 6 nitrogen and oxygen atoms in total. The number of anilines is 1. The first kappa shape index (κ1) is 23.5. The summed E-state index contributed by atoms with van der Waals surface area (Å²) >= 11 is 0. The molecule has 1 saturated heterocycles. The van der Waals surface area contributed by atoms with Crippen LogP contribution in [-0.4, -0.2) is 43.8 Å². The highest BCUT2D eigenvalue weighted by Gasteiger charge is 2.35. The van der Waals surface area contributed by atoms with Crippen LogP contribution >= 0.6 is 0 Å². The Morgan fingerprint density at radius 1 is 0.824 bits per heavy atom. The van der Waals surface area contributed by atoms with Crippen LogP contribution in [0.25, 0.3) is 0 Å². The van der Waals surface area contributed by atoms with Crippen LogP contribution in [0.3, 0.4) is 0 Å². The molecule has 178 valence electrons. The predicted octanol–water partition coefficient (Wildman–Crippen LogP) is 5.68. The van der Waals surface area contributed by atoms with E-state index in [1.165, 1.54) is 0 Å². The standard InChI is InChI=1S/C28H32N2O4/c1-3-32-26-16-10-8-14-23(26)25-20-29(24-15-9-11-17-27(24)33-4-2)18-19-30(25)28(31)34-21-22-12-6-5-7-13-22/h5-17,25H,3-4,18-21H2,1-2H3. The van der Waals surface area contributed by atoms with Crippen molar-refractivity contribution in [1.82, 2.24) is 4.90 Å². The molecule has 1 fully saturated rings. The summed E-state index contributed by atoms with van der Waals surface area (Å²) in [5.41, 5.74) is 2.96. The van der Waals surface area contributed by atoms with Crippen LogP contribution in [0.1, 0.15) is 31.0 Å². The lowest BCUT2D eigenvalue weighted by Crippen LogP contribution is -2.51. The van der Waals surface area contributed by atoms with Gasteiger partial charge in [0.05, 0.1) is 24.9 Å². The molecule has 0 bridgehead atoms. The second-order valence-electron chi connectivity index (χ2n) is 8.07. The Hall–Kier alpha value is -3.67. The first-order valence-electron chi connectivity index (χ1n) is 11.9. The number of benzene rings is 3. The number of hydrogen-bond donors (Lipinski definition) is 0. The number of piperazine rings is 1. The van der Waals surface area contributed by atoms with E-state index in [-0.39, 0.29) is 18.7 Å². The quantitative estimate of drug-likeness (QED) is 0.433. The van der Waals surface area contributed by atoms with Gasteiger partial charge in [0.15, 0.2) is 0 Å². The maximum atomic E-state index is 13.3. The van der Waals surface area contributed by atoms with E-state index in [4.69, 9.17) is 14.2 Å². The van der Waals surface area contributed by atoms with Gasteiger partial charge in [0.25, 0.3) is 0 Å². The lowest BCUT2D eigenvalue weighted by atomic mass is 10.0. The van der Waals surface area contributed by atoms with Crippen LogP contribution in [0, 0.1) is 0 Å². The Kier molecular flexibility index (Phi) is 7.91. The number of carbonyl (C=O) groups is 1. The van der Waals surface area contributed by atoms with Gasteiger partial charge in [0, 0.05) is 25.2 Å². The zero-order valence-corrected chi connectivity index (χ0v) is 19.9. The zero-order chi connectivity index (χ0) is 23.8. The Labute approximate surface area is 201 Å². The van der Waals surface area contributed by atoms with Gasteiger partial charge >= 0.3 is 6.09 Å². The van der Waals surface area contributed by atoms with Gasteiger partial charge in [-0.2, -0.15) is 0 Å². The molecule has 0 N–H and O–H groups in total. The van der Waals surface area contributed by atoms with Crippen molar-refractivity contribution in [1.29, 1.82) is 0 Å². The van der Waals surface area contributed by atoms with Crippen molar-refractivity contribution >= 4 is 11.8 Å². The van der Waals surface area contributed by atoms with E-state index < -0.39 is 0 Å². The van der Waals surface area contributed by atoms with E-state index >= 15 is 0 Å². The van der Waals surface area contributed by atoms with Gasteiger partial charge in [0.1, 0.15) is 18.1 Å². The summed E-state index contributed by atoms with van der Waals surface area (Å²) in [5, 5.41) is 0. The van der Waals surface area contributed by atoms with Gasteiger partial charge in [0.2, 0.25) is 0 Å². The first-order valence-corrected chi connectivity index (χ1v) is 11.9. The number of amides is 1. The van der Waals surface area contributed by atoms with Crippen LogP contribution in [0.2, 0.25) is 0 Å². The van der Waals surface area contributed by atoms with Gasteiger partial charge in [-0.05, 0) is 37.6 Å². The maximum absolute atomic E-state index is 13.3. The summed E-state index contributed by atoms with van der Waals surface area (Å²) in [4.78, 5) is 17.4. The molecule has 0 radical (unpaired) electrons. The number of hydrogen-bond acceptors (Lipinski definition) is 5. The van der Waals surface area contributed by atoms with E-state index in [0.717, 1.165) is 28.3 Å². The summed E-state index contributed by atoms with van der Waals surface area (Å²) < 4.78 is 17.5. The molecule has 0 saturated carbocycles. The summed E-state index contributed by atoms with van der Waals surface area (Å²) in [5.74, 6) is 1.64. The fourth-order valence-electron chi connectivity index (χ4n) is 4.33. The van der Waals surface area contributed by atoms with E-state index in [1.54, 1.807) is 0 Å². The van der Waals surface area contributed by atoms with Crippen molar-refractivity contribution in [3.05, 3.63) is 90.0 Å². The molecule has 1 aliphatic heterocycles. The SMILES string of the molecule is CCOc1ccccc1C1CN(c2ccccc2OCC)CCN1C(=O)OCc1ccccc1. The summed E-state index contributed by atoms with van der Waals surface area (Å²) in [7, 11) is 0. The second kappa shape index (κ2) is 11.5. The Morgan fingerprint density at radius 2 is 1.47 bits per heavy atom. The fraction of sp³-hybridized carbons (Fsp3) is 0.321. The Morgan fingerprint density at radius 3 is 2.24 bits per heavy atom. The Balaban J connectivity index is 1.61. The van der Waals surface area contributed by atoms with Crippen molar-refractivity contribution in [3.63, 3.8) is 0 Å². The minimum atomic E-state index is -0.321. The monoisotopic (exact) mass is 460 g/mol. The van der Waals surface area contributed by atoms with Crippen molar-refractivity contribution in [2.24, 2.45) is 0 Å².